The predicted octanol–water partition coefficient (Wildman–Crippen LogP) is 5.10. The van der Waals surface area contributed by atoms with Crippen molar-refractivity contribution in [1.29, 1.82) is 0 Å². The minimum absolute atomic E-state index is 0.0711. The Labute approximate surface area is 163 Å². The zero-order valence-electron chi connectivity index (χ0n) is 15.0. The van der Waals surface area contributed by atoms with E-state index in [0.29, 0.717) is 5.89 Å². The van der Waals surface area contributed by atoms with Gasteiger partial charge in [0.05, 0.1) is 11.3 Å². The van der Waals surface area contributed by atoms with Gasteiger partial charge < -0.3 is 9.73 Å². The fraction of sp³-hybridized carbons (Fsp3) is 0.211. The monoisotopic (exact) mass is 407 g/mol. The highest BCUT2D eigenvalue weighted by Crippen LogP contribution is 2.31. The smallest absolute Gasteiger partial charge is 0.411 e. The van der Waals surface area contributed by atoms with Gasteiger partial charge in [-0.1, -0.05) is 23.9 Å². The molecular weight excluding hydrogens is 391 g/mol. The summed E-state index contributed by atoms with van der Waals surface area (Å²) in [4.78, 5) is 12.0. The molecule has 5 nitrogen and oxygen atoms in total. The number of carbonyl (C=O) groups is 1. The van der Waals surface area contributed by atoms with Crippen LogP contribution >= 0.6 is 11.8 Å². The molecule has 0 unspecified atom stereocenters. The third kappa shape index (κ3) is 4.92. The van der Waals surface area contributed by atoms with Gasteiger partial charge in [-0.15, -0.1) is 10.2 Å². The van der Waals surface area contributed by atoms with Crippen molar-refractivity contribution in [3.05, 3.63) is 59.2 Å². The van der Waals surface area contributed by atoms with Gasteiger partial charge >= 0.3 is 6.18 Å². The number of thioether (sulfide) groups is 1. The average Bonchev–Trinajstić information content (AvgIpc) is 3.11. The minimum atomic E-state index is -4.47. The van der Waals surface area contributed by atoms with Crippen LogP contribution in [0.15, 0.2) is 52.1 Å². The predicted molar refractivity (Wildman–Crippen MR) is 100 cm³/mol. The number of rotatable bonds is 5. The van der Waals surface area contributed by atoms with E-state index in [-0.39, 0.29) is 16.7 Å². The number of nitrogens with zero attached hydrogens (tertiary/aromatic N) is 2. The van der Waals surface area contributed by atoms with Gasteiger partial charge in [0.15, 0.2) is 0 Å². The highest BCUT2D eigenvalue weighted by Gasteiger charge is 2.30. The minimum Gasteiger partial charge on any atom is -0.411 e. The first kappa shape index (κ1) is 19.9. The second kappa shape index (κ2) is 8.05. The summed E-state index contributed by atoms with van der Waals surface area (Å²) in [5.41, 5.74) is 2.25. The van der Waals surface area contributed by atoms with Gasteiger partial charge in [-0.05, 0) is 55.3 Å². The lowest BCUT2D eigenvalue weighted by atomic mass is 10.1. The van der Waals surface area contributed by atoms with Crippen LogP contribution in [-0.4, -0.2) is 21.9 Å². The van der Waals surface area contributed by atoms with Gasteiger partial charge in [0.2, 0.25) is 11.8 Å². The number of carbonyl (C=O) groups excluding carboxylic acids is 1. The largest absolute Gasteiger partial charge is 0.416 e. The summed E-state index contributed by atoms with van der Waals surface area (Å²) in [6.07, 6.45) is -4.47. The summed E-state index contributed by atoms with van der Waals surface area (Å²) in [6.45, 7) is 3.97. The van der Waals surface area contributed by atoms with Crippen LogP contribution in [-0.2, 0) is 11.0 Å². The summed E-state index contributed by atoms with van der Waals surface area (Å²) in [6, 6.07) is 10.2. The fourth-order valence-electron chi connectivity index (χ4n) is 2.36. The molecule has 1 N–H and O–H groups in total. The van der Waals surface area contributed by atoms with E-state index in [1.807, 2.05) is 32.0 Å². The Kier molecular flexibility index (Phi) is 5.73. The first-order chi connectivity index (χ1) is 13.2. The second-order valence-electron chi connectivity index (χ2n) is 6.09. The molecule has 146 valence electrons. The summed E-state index contributed by atoms with van der Waals surface area (Å²) >= 11 is 1.01. The number of halogens is 3. The number of benzene rings is 2. The molecule has 0 aliphatic carbocycles. The summed E-state index contributed by atoms with van der Waals surface area (Å²) in [5.74, 6) is -0.218. The molecule has 0 saturated heterocycles. The van der Waals surface area contributed by atoms with Gasteiger partial charge in [0.1, 0.15) is 0 Å². The Balaban J connectivity index is 1.60. The lowest BCUT2D eigenvalue weighted by Gasteiger charge is -2.09. The molecule has 0 radical (unpaired) electrons. The maximum absolute atomic E-state index is 12.7. The molecule has 28 heavy (non-hydrogen) atoms. The van der Waals surface area contributed by atoms with E-state index in [1.165, 1.54) is 12.1 Å². The van der Waals surface area contributed by atoms with Crippen LogP contribution in [0.1, 0.15) is 16.7 Å². The number of aryl methyl sites for hydroxylation is 2. The quantitative estimate of drug-likeness (QED) is 0.596. The Hall–Kier alpha value is -2.81. The van der Waals surface area contributed by atoms with Crippen LogP contribution in [0.2, 0.25) is 0 Å². The third-order valence-electron chi connectivity index (χ3n) is 3.96. The molecule has 0 aliphatic heterocycles. The van der Waals surface area contributed by atoms with Gasteiger partial charge in [-0.3, -0.25) is 4.79 Å². The van der Waals surface area contributed by atoms with E-state index in [9.17, 15) is 18.0 Å². The fourth-order valence-corrected chi connectivity index (χ4v) is 2.92. The molecular formula is C19H16F3N3O2S. The first-order valence-corrected chi connectivity index (χ1v) is 9.22. The Bertz CT molecular complexity index is 1000. The molecule has 2 aromatic carbocycles. The molecule has 0 fully saturated rings. The molecule has 0 atom stereocenters. The van der Waals surface area contributed by atoms with Crippen molar-refractivity contribution in [3.63, 3.8) is 0 Å². The van der Waals surface area contributed by atoms with Gasteiger partial charge in [0, 0.05) is 11.3 Å². The van der Waals surface area contributed by atoms with Crippen LogP contribution in [0.5, 0.6) is 0 Å². The van der Waals surface area contributed by atoms with Crippen molar-refractivity contribution < 1.29 is 22.4 Å². The maximum atomic E-state index is 12.7. The standard InChI is InChI=1S/C19H16F3N3O2S/c1-11-6-7-13(8-12(11)2)17-24-25-18(27-17)28-10-16(26)23-15-5-3-4-14(9-15)19(20,21)22/h3-9H,10H2,1-2H3,(H,23,26). The molecule has 1 heterocycles. The van der Waals surface area contributed by atoms with Crippen molar-refractivity contribution in [2.24, 2.45) is 0 Å². The van der Waals surface area contributed by atoms with E-state index in [1.54, 1.807) is 0 Å². The molecule has 0 aliphatic rings. The lowest BCUT2D eigenvalue weighted by molar-refractivity contribution is -0.137. The normalized spacial score (nSPS) is 11.5. The summed E-state index contributed by atoms with van der Waals surface area (Å²) < 4.78 is 43.7. The highest BCUT2D eigenvalue weighted by atomic mass is 32.2. The SMILES string of the molecule is Cc1ccc(-c2nnc(SCC(=O)Nc3cccc(C(F)(F)F)c3)o2)cc1C. The zero-order chi connectivity index (χ0) is 20.3. The molecule has 0 spiro atoms. The van der Waals surface area contributed by atoms with Crippen LogP contribution in [0, 0.1) is 13.8 Å². The van der Waals surface area contributed by atoms with Gasteiger partial charge in [-0.2, -0.15) is 13.2 Å². The van der Waals surface area contributed by atoms with Crippen molar-refractivity contribution in [3.8, 4) is 11.5 Å². The van der Waals surface area contributed by atoms with E-state index < -0.39 is 17.6 Å². The van der Waals surface area contributed by atoms with Crippen LogP contribution < -0.4 is 5.32 Å². The molecule has 3 rings (SSSR count). The van der Waals surface area contributed by atoms with Crippen molar-refractivity contribution >= 4 is 23.4 Å². The second-order valence-corrected chi connectivity index (χ2v) is 7.01. The van der Waals surface area contributed by atoms with Crippen molar-refractivity contribution in [1.82, 2.24) is 10.2 Å². The van der Waals surface area contributed by atoms with Crippen LogP contribution in [0.3, 0.4) is 0 Å². The van der Waals surface area contributed by atoms with Crippen molar-refractivity contribution in [2.75, 3.05) is 11.1 Å². The molecule has 0 saturated carbocycles. The Morgan fingerprint density at radius 1 is 1.11 bits per heavy atom. The summed E-state index contributed by atoms with van der Waals surface area (Å²) in [7, 11) is 0. The number of hydrogen-bond acceptors (Lipinski definition) is 5. The first-order valence-electron chi connectivity index (χ1n) is 8.23. The number of amides is 1. The molecule has 1 aromatic heterocycles. The van der Waals surface area contributed by atoms with Crippen molar-refractivity contribution in [2.45, 2.75) is 25.2 Å². The topological polar surface area (TPSA) is 68.0 Å². The zero-order valence-corrected chi connectivity index (χ0v) is 15.8. The van der Waals surface area contributed by atoms with E-state index in [0.717, 1.165) is 40.6 Å². The number of aromatic nitrogens is 2. The van der Waals surface area contributed by atoms with Crippen LogP contribution in [0.4, 0.5) is 18.9 Å². The number of anilines is 1. The molecule has 9 heteroatoms. The van der Waals surface area contributed by atoms with E-state index in [4.69, 9.17) is 4.42 Å². The van der Waals surface area contributed by atoms with Gasteiger partial charge in [-0.25, -0.2) is 0 Å². The number of alkyl halides is 3. The maximum Gasteiger partial charge on any atom is 0.416 e. The molecule has 3 aromatic rings. The van der Waals surface area contributed by atoms with Gasteiger partial charge in [0.25, 0.3) is 5.22 Å². The Morgan fingerprint density at radius 3 is 2.61 bits per heavy atom. The Morgan fingerprint density at radius 2 is 1.89 bits per heavy atom. The number of hydrogen-bond donors (Lipinski definition) is 1. The molecule has 1 amide bonds. The van der Waals surface area contributed by atoms with Crippen LogP contribution in [0.25, 0.3) is 11.5 Å². The molecule has 0 bridgehead atoms. The lowest BCUT2D eigenvalue weighted by Crippen LogP contribution is -2.15. The third-order valence-corrected chi connectivity index (χ3v) is 4.78. The highest BCUT2D eigenvalue weighted by molar-refractivity contribution is 7.99. The summed E-state index contributed by atoms with van der Waals surface area (Å²) in [5, 5.41) is 10.5. The average molecular weight is 407 g/mol. The number of nitrogens with one attached hydrogen (secondary N) is 1. The van der Waals surface area contributed by atoms with E-state index in [2.05, 4.69) is 15.5 Å². The van der Waals surface area contributed by atoms with E-state index >= 15 is 0 Å².